The van der Waals surface area contributed by atoms with Crippen LogP contribution in [0.5, 0.6) is 0 Å². The van der Waals surface area contributed by atoms with Crippen LogP contribution in [0, 0.1) is 6.92 Å². The summed E-state index contributed by atoms with van der Waals surface area (Å²) in [5, 5.41) is 0.642. The summed E-state index contributed by atoms with van der Waals surface area (Å²) in [6.07, 6.45) is 4.09. The van der Waals surface area contributed by atoms with Crippen LogP contribution in [-0.2, 0) is 9.59 Å². The van der Waals surface area contributed by atoms with Crippen molar-refractivity contribution in [1.82, 2.24) is 4.90 Å². The highest BCUT2D eigenvalue weighted by Gasteiger charge is 2.39. The van der Waals surface area contributed by atoms with Gasteiger partial charge in [-0.25, -0.2) is 0 Å². The number of benzene rings is 2. The number of halogens is 1. The lowest BCUT2D eigenvalue weighted by Crippen LogP contribution is -2.32. The van der Waals surface area contributed by atoms with E-state index in [-0.39, 0.29) is 11.8 Å². The Morgan fingerprint density at radius 1 is 0.893 bits per heavy atom. The Bertz CT molecular complexity index is 888. The van der Waals surface area contributed by atoms with Crippen LogP contribution in [0.4, 0.5) is 0 Å². The van der Waals surface area contributed by atoms with Crippen molar-refractivity contribution in [1.29, 1.82) is 0 Å². The van der Waals surface area contributed by atoms with Gasteiger partial charge < -0.3 is 0 Å². The molecule has 3 nitrogen and oxygen atoms in total. The normalized spacial score (nSPS) is 14.3. The number of nitrogens with zero attached hydrogens (tertiary/aromatic N) is 1. The molecule has 0 bridgehead atoms. The summed E-state index contributed by atoms with van der Waals surface area (Å²) in [5.41, 5.74) is 2.40. The van der Waals surface area contributed by atoms with Gasteiger partial charge in [0.05, 0.1) is 10.5 Å². The maximum atomic E-state index is 13.1. The number of thioether (sulfide) groups is 1. The summed E-state index contributed by atoms with van der Waals surface area (Å²) >= 11 is 7.31. The monoisotopic (exact) mass is 413 g/mol. The van der Waals surface area contributed by atoms with Crippen LogP contribution in [0.15, 0.2) is 58.3 Å². The second kappa shape index (κ2) is 9.44. The van der Waals surface area contributed by atoms with Crippen LogP contribution in [0.2, 0.25) is 5.02 Å². The number of hydrogen-bond acceptors (Lipinski definition) is 3. The number of aryl methyl sites for hydroxylation is 1. The van der Waals surface area contributed by atoms with E-state index in [9.17, 15) is 9.59 Å². The first-order valence-electron chi connectivity index (χ1n) is 9.62. The molecular formula is C23H24ClNO2S. The molecule has 0 fully saturated rings. The molecule has 0 aliphatic carbocycles. The Balaban J connectivity index is 1.92. The number of unbranched alkanes of at least 4 members (excludes halogenated alkanes) is 3. The molecule has 0 radical (unpaired) electrons. The molecule has 5 heteroatoms. The highest BCUT2D eigenvalue weighted by molar-refractivity contribution is 8.04. The molecule has 0 N–H and O–H groups in total. The minimum Gasteiger partial charge on any atom is -0.274 e. The van der Waals surface area contributed by atoms with Crippen molar-refractivity contribution < 1.29 is 9.59 Å². The van der Waals surface area contributed by atoms with E-state index in [4.69, 9.17) is 11.6 Å². The third kappa shape index (κ3) is 4.68. The Morgan fingerprint density at radius 3 is 2.21 bits per heavy atom. The van der Waals surface area contributed by atoms with Gasteiger partial charge in [-0.15, -0.1) is 0 Å². The SMILES string of the molecule is CCCCCCN1C(=O)C(Sc2ccc(Cl)cc2)=C(c2ccc(C)cc2)C1=O. The summed E-state index contributed by atoms with van der Waals surface area (Å²) in [4.78, 5) is 29.0. The predicted octanol–water partition coefficient (Wildman–Crippen LogP) is 6.10. The summed E-state index contributed by atoms with van der Waals surface area (Å²) < 4.78 is 0. The fraction of sp³-hybridized carbons (Fsp3) is 0.304. The van der Waals surface area contributed by atoms with E-state index in [1.807, 2.05) is 43.3 Å². The van der Waals surface area contributed by atoms with Crippen LogP contribution >= 0.6 is 23.4 Å². The van der Waals surface area contributed by atoms with Crippen LogP contribution in [0.3, 0.4) is 0 Å². The highest BCUT2D eigenvalue weighted by atomic mass is 35.5. The molecule has 0 atom stereocenters. The maximum Gasteiger partial charge on any atom is 0.268 e. The van der Waals surface area contributed by atoms with E-state index >= 15 is 0 Å². The summed E-state index contributed by atoms with van der Waals surface area (Å²) in [6, 6.07) is 15.1. The van der Waals surface area contributed by atoms with Gasteiger partial charge in [0.15, 0.2) is 0 Å². The van der Waals surface area contributed by atoms with Gasteiger partial charge in [-0.1, -0.05) is 79.4 Å². The molecule has 0 aromatic heterocycles. The average Bonchev–Trinajstić information content (AvgIpc) is 2.92. The van der Waals surface area contributed by atoms with Crippen LogP contribution in [0.25, 0.3) is 5.57 Å². The van der Waals surface area contributed by atoms with Crippen molar-refractivity contribution in [2.45, 2.75) is 44.4 Å². The molecule has 2 amide bonds. The minimum absolute atomic E-state index is 0.193. The van der Waals surface area contributed by atoms with Gasteiger partial charge >= 0.3 is 0 Å². The first-order chi connectivity index (χ1) is 13.5. The van der Waals surface area contributed by atoms with E-state index in [2.05, 4.69) is 6.92 Å². The number of hydrogen-bond donors (Lipinski definition) is 0. The smallest absolute Gasteiger partial charge is 0.268 e. The molecule has 0 spiro atoms. The van der Waals surface area contributed by atoms with E-state index in [1.165, 1.54) is 16.7 Å². The largest absolute Gasteiger partial charge is 0.274 e. The zero-order chi connectivity index (χ0) is 20.1. The van der Waals surface area contributed by atoms with Crippen LogP contribution < -0.4 is 0 Å². The van der Waals surface area contributed by atoms with E-state index in [1.54, 1.807) is 12.1 Å². The van der Waals surface area contributed by atoms with Gasteiger partial charge in [-0.2, -0.15) is 0 Å². The molecule has 3 rings (SSSR count). The third-order valence-electron chi connectivity index (χ3n) is 4.73. The molecule has 28 heavy (non-hydrogen) atoms. The lowest BCUT2D eigenvalue weighted by Gasteiger charge is -2.15. The molecule has 1 aliphatic rings. The van der Waals surface area contributed by atoms with Crippen molar-refractivity contribution in [2.24, 2.45) is 0 Å². The molecule has 146 valence electrons. The quantitative estimate of drug-likeness (QED) is 0.387. The first-order valence-corrected chi connectivity index (χ1v) is 10.8. The van der Waals surface area contributed by atoms with Crippen molar-refractivity contribution in [3.63, 3.8) is 0 Å². The molecule has 0 saturated heterocycles. The molecule has 1 heterocycles. The second-order valence-electron chi connectivity index (χ2n) is 6.95. The molecule has 2 aromatic rings. The average molecular weight is 414 g/mol. The summed E-state index contributed by atoms with van der Waals surface area (Å²) in [7, 11) is 0. The summed E-state index contributed by atoms with van der Waals surface area (Å²) in [5.74, 6) is -0.390. The zero-order valence-corrected chi connectivity index (χ0v) is 17.8. The fourth-order valence-corrected chi connectivity index (χ4v) is 4.28. The van der Waals surface area contributed by atoms with Gasteiger partial charge in [-0.05, 0) is 43.2 Å². The van der Waals surface area contributed by atoms with Crippen molar-refractivity contribution in [3.05, 3.63) is 69.6 Å². The fourth-order valence-electron chi connectivity index (χ4n) is 3.14. The van der Waals surface area contributed by atoms with Crippen LogP contribution in [0.1, 0.15) is 43.7 Å². The van der Waals surface area contributed by atoms with Gasteiger partial charge in [0.1, 0.15) is 0 Å². The Hall–Kier alpha value is -2.04. The van der Waals surface area contributed by atoms with Gasteiger partial charge in [0.25, 0.3) is 11.8 Å². The van der Waals surface area contributed by atoms with Crippen molar-refractivity contribution in [3.8, 4) is 0 Å². The maximum absolute atomic E-state index is 13.1. The predicted molar refractivity (Wildman–Crippen MR) is 116 cm³/mol. The molecule has 1 aliphatic heterocycles. The first kappa shape index (κ1) is 20.7. The second-order valence-corrected chi connectivity index (χ2v) is 8.47. The van der Waals surface area contributed by atoms with Crippen LogP contribution in [-0.4, -0.2) is 23.3 Å². The summed E-state index contributed by atoms with van der Waals surface area (Å²) in [6.45, 7) is 4.62. The Labute approximate surface area is 175 Å². The Kier molecular flexibility index (Phi) is 6.97. The molecule has 0 unspecified atom stereocenters. The molecule has 2 aromatic carbocycles. The number of carbonyl (C=O) groups is 2. The van der Waals surface area contributed by atoms with E-state index in [0.29, 0.717) is 22.0 Å². The number of rotatable bonds is 8. The number of amides is 2. The van der Waals surface area contributed by atoms with Gasteiger partial charge in [0.2, 0.25) is 0 Å². The number of imide groups is 1. The lowest BCUT2D eigenvalue weighted by molar-refractivity contribution is -0.136. The third-order valence-corrected chi connectivity index (χ3v) is 6.08. The lowest BCUT2D eigenvalue weighted by atomic mass is 10.0. The van der Waals surface area contributed by atoms with Gasteiger partial charge in [0, 0.05) is 16.5 Å². The van der Waals surface area contributed by atoms with E-state index in [0.717, 1.165) is 41.7 Å². The van der Waals surface area contributed by atoms with Crippen molar-refractivity contribution in [2.75, 3.05) is 6.54 Å². The Morgan fingerprint density at radius 2 is 1.57 bits per heavy atom. The minimum atomic E-state index is -0.197. The topological polar surface area (TPSA) is 37.4 Å². The molecule has 0 saturated carbocycles. The standard InChI is InChI=1S/C23H24ClNO2S/c1-3-4-5-6-15-25-22(26)20(17-9-7-16(2)8-10-17)21(23(25)27)28-19-13-11-18(24)12-14-19/h7-14H,3-6,15H2,1-2H3. The zero-order valence-electron chi connectivity index (χ0n) is 16.2. The molecular weight excluding hydrogens is 390 g/mol. The highest BCUT2D eigenvalue weighted by Crippen LogP contribution is 2.40. The van der Waals surface area contributed by atoms with E-state index < -0.39 is 0 Å². The number of carbonyl (C=O) groups excluding carboxylic acids is 2. The van der Waals surface area contributed by atoms with Crippen molar-refractivity contribution >= 4 is 40.8 Å². The van der Waals surface area contributed by atoms with Gasteiger partial charge in [-0.3, -0.25) is 14.5 Å².